The molecule has 0 saturated carbocycles. The summed E-state index contributed by atoms with van der Waals surface area (Å²) in [4.78, 5) is 32.2. The molecule has 27 heavy (non-hydrogen) atoms. The fraction of sp³-hybridized carbons (Fsp3) is 0.250. The molecule has 0 bridgehead atoms. The molecule has 0 atom stereocenters. The minimum absolute atomic E-state index is 0.0168. The minimum Gasteiger partial charge on any atom is -0.342 e. The van der Waals surface area contributed by atoms with Gasteiger partial charge in [0.15, 0.2) is 5.65 Å². The molecule has 1 aromatic carbocycles. The number of aromatic nitrogens is 3. The standard InChI is InChI=1S/C20H20N4O2S/c1-3-22(4-2)18(25)12-23-17-8-6-5-7-15(17)19-21-16(11-24(19)20(23)26)14-9-10-27-13-14/h5-11,13H,3-4,12H2,1-2H3. The zero-order valence-electron chi connectivity index (χ0n) is 15.3. The Labute approximate surface area is 160 Å². The van der Waals surface area contributed by atoms with E-state index in [2.05, 4.69) is 0 Å². The second-order valence-corrected chi connectivity index (χ2v) is 7.06. The number of nitrogens with zero attached hydrogens (tertiary/aromatic N) is 4. The monoisotopic (exact) mass is 380 g/mol. The van der Waals surface area contributed by atoms with Crippen molar-refractivity contribution < 1.29 is 4.79 Å². The van der Waals surface area contributed by atoms with Crippen LogP contribution in [0.25, 0.3) is 27.8 Å². The first-order chi connectivity index (χ1) is 13.1. The number of thiophene rings is 1. The normalized spacial score (nSPS) is 11.3. The second-order valence-electron chi connectivity index (χ2n) is 6.28. The van der Waals surface area contributed by atoms with Crippen LogP contribution in [0.4, 0.5) is 0 Å². The van der Waals surface area contributed by atoms with Gasteiger partial charge in [0.05, 0.1) is 11.2 Å². The lowest BCUT2D eigenvalue weighted by molar-refractivity contribution is -0.131. The average Bonchev–Trinajstić information content (AvgIpc) is 3.35. The van der Waals surface area contributed by atoms with Crippen LogP contribution in [0.3, 0.4) is 0 Å². The number of fused-ring (bicyclic) bond motifs is 3. The first-order valence-corrected chi connectivity index (χ1v) is 9.89. The third-order valence-corrected chi connectivity index (χ3v) is 5.49. The zero-order chi connectivity index (χ0) is 19.0. The molecule has 0 radical (unpaired) electrons. The molecule has 0 unspecified atom stereocenters. The smallest absolute Gasteiger partial charge is 0.334 e. The van der Waals surface area contributed by atoms with Crippen molar-refractivity contribution in [1.82, 2.24) is 18.9 Å². The van der Waals surface area contributed by atoms with Crippen molar-refractivity contribution in [1.29, 1.82) is 0 Å². The number of hydrogen-bond acceptors (Lipinski definition) is 4. The first-order valence-electron chi connectivity index (χ1n) is 8.95. The van der Waals surface area contributed by atoms with Gasteiger partial charge < -0.3 is 4.90 Å². The first kappa shape index (κ1) is 17.5. The number of carbonyl (C=O) groups excluding carboxylic acids is 1. The highest BCUT2D eigenvalue weighted by atomic mass is 32.1. The Morgan fingerprint density at radius 1 is 1.19 bits per heavy atom. The van der Waals surface area contributed by atoms with E-state index in [1.807, 2.05) is 54.9 Å². The lowest BCUT2D eigenvalue weighted by Gasteiger charge is -2.20. The van der Waals surface area contributed by atoms with Crippen molar-refractivity contribution in [3.05, 3.63) is 57.8 Å². The van der Waals surface area contributed by atoms with Gasteiger partial charge in [0.1, 0.15) is 6.54 Å². The molecular formula is C20H20N4O2S. The summed E-state index contributed by atoms with van der Waals surface area (Å²) in [5.74, 6) is -0.0650. The predicted molar refractivity (Wildman–Crippen MR) is 108 cm³/mol. The maximum absolute atomic E-state index is 13.2. The van der Waals surface area contributed by atoms with E-state index >= 15 is 0 Å². The SMILES string of the molecule is CCN(CC)C(=O)Cn1c(=O)n2cc(-c3ccsc3)nc2c2ccccc21. The van der Waals surface area contributed by atoms with Gasteiger partial charge in [-0.05, 0) is 37.4 Å². The number of hydrogen-bond donors (Lipinski definition) is 0. The van der Waals surface area contributed by atoms with Gasteiger partial charge in [-0.3, -0.25) is 13.8 Å². The molecule has 3 aromatic heterocycles. The van der Waals surface area contributed by atoms with Crippen molar-refractivity contribution in [2.75, 3.05) is 13.1 Å². The maximum atomic E-state index is 13.2. The fourth-order valence-electron chi connectivity index (χ4n) is 3.36. The molecule has 1 amide bonds. The molecule has 0 fully saturated rings. The van der Waals surface area contributed by atoms with Gasteiger partial charge >= 0.3 is 5.69 Å². The van der Waals surface area contributed by atoms with Crippen LogP contribution >= 0.6 is 11.3 Å². The van der Waals surface area contributed by atoms with Gasteiger partial charge in [-0.25, -0.2) is 9.78 Å². The molecule has 0 saturated heterocycles. The Hall–Kier alpha value is -2.93. The summed E-state index contributed by atoms with van der Waals surface area (Å²) in [5.41, 5.74) is 2.82. The number of benzene rings is 1. The molecule has 138 valence electrons. The third kappa shape index (κ3) is 2.94. The highest BCUT2D eigenvalue weighted by Crippen LogP contribution is 2.24. The summed E-state index contributed by atoms with van der Waals surface area (Å²) < 4.78 is 3.09. The van der Waals surface area contributed by atoms with Crippen LogP contribution in [0.2, 0.25) is 0 Å². The van der Waals surface area contributed by atoms with Gasteiger partial charge in [-0.1, -0.05) is 12.1 Å². The van der Waals surface area contributed by atoms with Crippen LogP contribution in [0.15, 0.2) is 52.1 Å². The Morgan fingerprint density at radius 2 is 1.96 bits per heavy atom. The topological polar surface area (TPSA) is 59.6 Å². The summed E-state index contributed by atoms with van der Waals surface area (Å²) in [6.07, 6.45) is 1.75. The average molecular weight is 380 g/mol. The van der Waals surface area contributed by atoms with E-state index in [1.54, 1.807) is 31.4 Å². The lowest BCUT2D eigenvalue weighted by atomic mass is 10.2. The molecule has 3 heterocycles. The summed E-state index contributed by atoms with van der Waals surface area (Å²) in [6.45, 7) is 5.14. The number of rotatable bonds is 5. The molecule has 4 aromatic rings. The van der Waals surface area contributed by atoms with Crippen LogP contribution in [0.1, 0.15) is 13.8 Å². The van der Waals surface area contributed by atoms with Crippen LogP contribution in [-0.4, -0.2) is 37.8 Å². The summed E-state index contributed by atoms with van der Waals surface area (Å²) >= 11 is 1.59. The zero-order valence-corrected chi connectivity index (χ0v) is 16.1. The summed E-state index contributed by atoms with van der Waals surface area (Å²) in [7, 11) is 0. The molecule has 0 aliphatic carbocycles. The molecule has 7 heteroatoms. The number of amides is 1. The molecular weight excluding hydrogens is 360 g/mol. The Kier molecular flexibility index (Phi) is 4.53. The third-order valence-electron chi connectivity index (χ3n) is 4.81. The van der Waals surface area contributed by atoms with Crippen molar-refractivity contribution in [2.45, 2.75) is 20.4 Å². The van der Waals surface area contributed by atoms with E-state index in [-0.39, 0.29) is 18.1 Å². The molecule has 0 aliphatic rings. The Morgan fingerprint density at radius 3 is 2.67 bits per heavy atom. The molecule has 6 nitrogen and oxygen atoms in total. The molecule has 0 aliphatic heterocycles. The van der Waals surface area contributed by atoms with E-state index < -0.39 is 0 Å². The summed E-state index contributed by atoms with van der Waals surface area (Å²) in [6, 6.07) is 9.58. The van der Waals surface area contributed by atoms with E-state index in [0.29, 0.717) is 18.7 Å². The number of para-hydroxylation sites is 1. The van der Waals surface area contributed by atoms with Crippen molar-refractivity contribution in [3.63, 3.8) is 0 Å². The van der Waals surface area contributed by atoms with Crippen molar-refractivity contribution in [3.8, 4) is 11.3 Å². The minimum atomic E-state index is -0.252. The fourth-order valence-corrected chi connectivity index (χ4v) is 4.01. The van der Waals surface area contributed by atoms with Crippen LogP contribution in [0, 0.1) is 0 Å². The van der Waals surface area contributed by atoms with Crippen LogP contribution < -0.4 is 5.69 Å². The molecule has 4 rings (SSSR count). The lowest BCUT2D eigenvalue weighted by Crippen LogP contribution is -2.37. The number of likely N-dealkylation sites (N-methyl/N-ethyl adjacent to an activating group) is 1. The van der Waals surface area contributed by atoms with E-state index in [1.165, 1.54) is 0 Å². The van der Waals surface area contributed by atoms with E-state index in [9.17, 15) is 9.59 Å². The quantitative estimate of drug-likeness (QED) is 0.534. The number of carbonyl (C=O) groups is 1. The van der Waals surface area contributed by atoms with Gasteiger partial charge in [0, 0.05) is 35.6 Å². The van der Waals surface area contributed by atoms with Crippen molar-refractivity contribution in [2.24, 2.45) is 0 Å². The Bertz CT molecular complexity index is 1170. The highest BCUT2D eigenvalue weighted by Gasteiger charge is 2.18. The van der Waals surface area contributed by atoms with Gasteiger partial charge in [-0.15, -0.1) is 0 Å². The molecule has 0 spiro atoms. The van der Waals surface area contributed by atoms with Gasteiger partial charge in [-0.2, -0.15) is 11.3 Å². The van der Waals surface area contributed by atoms with E-state index in [4.69, 9.17) is 4.98 Å². The maximum Gasteiger partial charge on any atom is 0.334 e. The van der Waals surface area contributed by atoms with Gasteiger partial charge in [0.2, 0.25) is 5.91 Å². The van der Waals surface area contributed by atoms with Gasteiger partial charge in [0.25, 0.3) is 0 Å². The molecule has 0 N–H and O–H groups in total. The van der Waals surface area contributed by atoms with E-state index in [0.717, 1.165) is 22.2 Å². The van der Waals surface area contributed by atoms with Crippen LogP contribution in [-0.2, 0) is 11.3 Å². The second kappa shape index (κ2) is 7.00. The predicted octanol–water partition coefficient (Wildman–Crippen LogP) is 3.25. The summed E-state index contributed by atoms with van der Waals surface area (Å²) in [5, 5.41) is 4.84. The van der Waals surface area contributed by atoms with Crippen LogP contribution in [0.5, 0.6) is 0 Å². The van der Waals surface area contributed by atoms with Crippen molar-refractivity contribution >= 4 is 33.8 Å². The Balaban J connectivity index is 1.94. The highest BCUT2D eigenvalue weighted by molar-refractivity contribution is 7.08. The largest absolute Gasteiger partial charge is 0.342 e. The number of imidazole rings is 1.